The van der Waals surface area contributed by atoms with E-state index in [1.54, 1.807) is 19.1 Å². The normalized spacial score (nSPS) is 11.6. The summed E-state index contributed by atoms with van der Waals surface area (Å²) in [6, 6.07) is 9.14. The van der Waals surface area contributed by atoms with Crippen LogP contribution in [-0.4, -0.2) is 44.0 Å². The van der Waals surface area contributed by atoms with Crippen LogP contribution >= 0.6 is 0 Å². The largest absolute Gasteiger partial charge is 0.354 e. The molecule has 1 aromatic heterocycles. The number of benzene rings is 2. The van der Waals surface area contributed by atoms with Crippen molar-refractivity contribution in [3.63, 3.8) is 0 Å². The van der Waals surface area contributed by atoms with Gasteiger partial charge < -0.3 is 5.32 Å². The first-order valence-corrected chi connectivity index (χ1v) is 11.1. The first-order chi connectivity index (χ1) is 13.7. The molecule has 3 rings (SSSR count). The van der Waals surface area contributed by atoms with Gasteiger partial charge in [-0.2, -0.15) is 5.10 Å². The molecule has 0 atom stereocenters. The van der Waals surface area contributed by atoms with Crippen LogP contribution in [0.1, 0.15) is 29.9 Å². The summed E-state index contributed by atoms with van der Waals surface area (Å²) < 4.78 is 40.6. The van der Waals surface area contributed by atoms with Crippen molar-refractivity contribution in [1.82, 2.24) is 15.1 Å². The van der Waals surface area contributed by atoms with E-state index >= 15 is 0 Å². The average molecular weight is 418 g/mol. The SMILES string of the molecule is CCc1cc2c(C(=O)NC)n(-c3ccc(F)cc3)nc2cc1N(CC)S(C)(=O)=O. The molecule has 0 radical (unpaired) electrons. The summed E-state index contributed by atoms with van der Waals surface area (Å²) in [4.78, 5) is 12.6. The van der Waals surface area contributed by atoms with Crippen LogP contribution in [0.5, 0.6) is 0 Å². The third-order valence-corrected chi connectivity index (χ3v) is 5.98. The molecule has 0 aliphatic carbocycles. The molecule has 0 saturated carbocycles. The molecule has 0 bridgehead atoms. The first kappa shape index (κ1) is 20.8. The Balaban J connectivity index is 2.34. The van der Waals surface area contributed by atoms with Crippen molar-refractivity contribution in [1.29, 1.82) is 0 Å². The molecule has 0 aliphatic heterocycles. The fourth-order valence-corrected chi connectivity index (χ4v) is 4.37. The number of anilines is 1. The van der Waals surface area contributed by atoms with Crippen molar-refractivity contribution in [2.24, 2.45) is 0 Å². The van der Waals surface area contributed by atoms with E-state index in [0.717, 1.165) is 11.8 Å². The van der Waals surface area contributed by atoms with Gasteiger partial charge >= 0.3 is 0 Å². The highest BCUT2D eigenvalue weighted by atomic mass is 32.2. The van der Waals surface area contributed by atoms with Crippen LogP contribution in [0.15, 0.2) is 36.4 Å². The van der Waals surface area contributed by atoms with Crippen molar-refractivity contribution in [3.05, 3.63) is 53.5 Å². The number of nitrogens with zero attached hydrogens (tertiary/aromatic N) is 3. The van der Waals surface area contributed by atoms with Crippen LogP contribution in [0.3, 0.4) is 0 Å². The summed E-state index contributed by atoms with van der Waals surface area (Å²) >= 11 is 0. The molecule has 0 aliphatic rings. The minimum Gasteiger partial charge on any atom is -0.354 e. The van der Waals surface area contributed by atoms with Gasteiger partial charge in [-0.3, -0.25) is 9.10 Å². The molecule has 9 heteroatoms. The highest BCUT2D eigenvalue weighted by Crippen LogP contribution is 2.31. The molecule has 1 heterocycles. The van der Waals surface area contributed by atoms with Crippen molar-refractivity contribution in [2.45, 2.75) is 20.3 Å². The third-order valence-electron chi connectivity index (χ3n) is 4.72. The van der Waals surface area contributed by atoms with Crippen LogP contribution in [-0.2, 0) is 16.4 Å². The molecule has 0 fully saturated rings. The van der Waals surface area contributed by atoms with Gasteiger partial charge in [0, 0.05) is 19.0 Å². The number of rotatable bonds is 6. The van der Waals surface area contributed by atoms with E-state index in [0.29, 0.717) is 34.4 Å². The van der Waals surface area contributed by atoms with E-state index in [1.165, 1.54) is 40.3 Å². The number of hydrogen-bond donors (Lipinski definition) is 1. The minimum absolute atomic E-state index is 0.276. The van der Waals surface area contributed by atoms with Gasteiger partial charge in [0.15, 0.2) is 0 Å². The van der Waals surface area contributed by atoms with E-state index in [-0.39, 0.29) is 12.5 Å². The number of aromatic nitrogens is 2. The number of fused-ring (bicyclic) bond motifs is 1. The maximum absolute atomic E-state index is 13.4. The van der Waals surface area contributed by atoms with E-state index in [4.69, 9.17) is 0 Å². The number of aryl methyl sites for hydroxylation is 1. The van der Waals surface area contributed by atoms with E-state index < -0.39 is 15.8 Å². The number of amides is 1. The Morgan fingerprint density at radius 3 is 2.38 bits per heavy atom. The quantitative estimate of drug-likeness (QED) is 0.667. The lowest BCUT2D eigenvalue weighted by Gasteiger charge is -2.23. The Morgan fingerprint density at radius 1 is 1.21 bits per heavy atom. The Morgan fingerprint density at radius 2 is 1.86 bits per heavy atom. The molecule has 0 unspecified atom stereocenters. The lowest BCUT2D eigenvalue weighted by atomic mass is 10.1. The van der Waals surface area contributed by atoms with Gasteiger partial charge in [-0.15, -0.1) is 0 Å². The van der Waals surface area contributed by atoms with Crippen molar-refractivity contribution in [3.8, 4) is 5.69 Å². The maximum Gasteiger partial charge on any atom is 0.270 e. The molecule has 0 spiro atoms. The predicted molar refractivity (Wildman–Crippen MR) is 112 cm³/mol. The van der Waals surface area contributed by atoms with Gasteiger partial charge in [0.1, 0.15) is 11.5 Å². The number of carbonyl (C=O) groups excluding carboxylic acids is 1. The summed E-state index contributed by atoms with van der Waals surface area (Å²) in [5.74, 6) is -0.740. The second kappa shape index (κ2) is 7.82. The molecule has 2 aromatic carbocycles. The molecule has 1 N–H and O–H groups in total. The zero-order chi connectivity index (χ0) is 21.3. The van der Waals surface area contributed by atoms with Gasteiger partial charge in [-0.1, -0.05) is 6.92 Å². The number of hydrogen-bond acceptors (Lipinski definition) is 4. The average Bonchev–Trinajstić information content (AvgIpc) is 3.05. The third kappa shape index (κ3) is 3.82. The van der Waals surface area contributed by atoms with Crippen molar-refractivity contribution in [2.75, 3.05) is 24.2 Å². The zero-order valence-electron chi connectivity index (χ0n) is 16.7. The summed E-state index contributed by atoms with van der Waals surface area (Å²) in [5.41, 5.74) is 2.63. The summed E-state index contributed by atoms with van der Waals surface area (Å²) in [7, 11) is -1.95. The van der Waals surface area contributed by atoms with Gasteiger partial charge in [0.2, 0.25) is 10.0 Å². The van der Waals surface area contributed by atoms with E-state index in [2.05, 4.69) is 10.4 Å². The maximum atomic E-state index is 13.4. The van der Waals surface area contributed by atoms with Gasteiger partial charge in [-0.25, -0.2) is 17.5 Å². The smallest absolute Gasteiger partial charge is 0.270 e. The molecule has 7 nitrogen and oxygen atoms in total. The van der Waals surface area contributed by atoms with Gasteiger partial charge in [0.05, 0.1) is 23.1 Å². The highest BCUT2D eigenvalue weighted by Gasteiger charge is 2.24. The number of sulfonamides is 1. The lowest BCUT2D eigenvalue weighted by Crippen LogP contribution is -2.30. The molecule has 3 aromatic rings. The monoisotopic (exact) mass is 418 g/mol. The number of halogens is 1. The minimum atomic E-state index is -3.47. The second-order valence-electron chi connectivity index (χ2n) is 6.60. The molecule has 154 valence electrons. The molecule has 0 saturated heterocycles. The Labute approximate surface area is 169 Å². The fourth-order valence-electron chi connectivity index (χ4n) is 3.37. The predicted octanol–water partition coefficient (Wildman–Crippen LogP) is 2.87. The Kier molecular flexibility index (Phi) is 5.61. The summed E-state index contributed by atoms with van der Waals surface area (Å²) in [6.45, 7) is 3.96. The summed E-state index contributed by atoms with van der Waals surface area (Å²) in [5, 5.41) is 7.74. The Bertz CT molecular complexity index is 1170. The molecular weight excluding hydrogens is 395 g/mol. The van der Waals surface area contributed by atoms with E-state index in [1.807, 2.05) is 6.92 Å². The first-order valence-electron chi connectivity index (χ1n) is 9.22. The van der Waals surface area contributed by atoms with Gasteiger partial charge in [-0.05, 0) is 55.3 Å². The van der Waals surface area contributed by atoms with Gasteiger partial charge in [0.25, 0.3) is 5.91 Å². The standard InChI is InChI=1S/C20H23FN4O3S/c1-5-13-11-16-17(12-18(13)24(6-2)29(4,27)28)23-25(19(16)20(26)22-3)15-9-7-14(21)8-10-15/h7-12H,5-6H2,1-4H3,(H,22,26). The molecular formula is C20H23FN4O3S. The topological polar surface area (TPSA) is 84.3 Å². The van der Waals surface area contributed by atoms with Crippen LogP contribution < -0.4 is 9.62 Å². The van der Waals surface area contributed by atoms with Crippen LogP contribution in [0, 0.1) is 5.82 Å². The summed E-state index contributed by atoms with van der Waals surface area (Å²) in [6.07, 6.45) is 1.74. The van der Waals surface area contributed by atoms with Crippen LogP contribution in [0.2, 0.25) is 0 Å². The molecule has 29 heavy (non-hydrogen) atoms. The molecule has 1 amide bonds. The van der Waals surface area contributed by atoms with Crippen LogP contribution in [0.4, 0.5) is 10.1 Å². The van der Waals surface area contributed by atoms with E-state index in [9.17, 15) is 17.6 Å². The van der Waals surface area contributed by atoms with Crippen molar-refractivity contribution < 1.29 is 17.6 Å². The Hall–Kier alpha value is -2.94. The second-order valence-corrected chi connectivity index (χ2v) is 8.50. The van der Waals surface area contributed by atoms with Crippen LogP contribution in [0.25, 0.3) is 16.6 Å². The lowest BCUT2D eigenvalue weighted by molar-refractivity contribution is 0.0957. The van der Waals surface area contributed by atoms with Crippen molar-refractivity contribution >= 4 is 32.5 Å². The number of nitrogens with one attached hydrogen (secondary N) is 1. The fraction of sp³-hybridized carbons (Fsp3) is 0.300. The zero-order valence-corrected chi connectivity index (χ0v) is 17.5. The highest BCUT2D eigenvalue weighted by molar-refractivity contribution is 7.92. The number of carbonyl (C=O) groups is 1.